The Bertz CT molecular complexity index is 2270. The molecule has 2 heterocycles. The first-order valence-electron chi connectivity index (χ1n) is 14.0. The number of ether oxygens (including phenoxy) is 1. The number of alkyl halides is 1. The van der Waals surface area contributed by atoms with Gasteiger partial charge in [-0.2, -0.15) is 0 Å². The highest BCUT2D eigenvalue weighted by Gasteiger charge is 2.25. The van der Waals surface area contributed by atoms with E-state index in [0.29, 0.717) is 38.1 Å². The molecule has 7 rings (SSSR count). The molecule has 0 saturated heterocycles. The maximum Gasteiger partial charge on any atom is 0.337 e. The smallest absolute Gasteiger partial charge is 0.337 e. The molecule has 5 aromatic carbocycles. The number of hydrogen-bond acceptors (Lipinski definition) is 6. The average Bonchev–Trinajstić information content (AvgIpc) is 3.67. The molecule has 2 atom stereocenters. The predicted molar refractivity (Wildman–Crippen MR) is 181 cm³/mol. The van der Waals surface area contributed by atoms with E-state index in [9.17, 15) is 13.6 Å². The largest absolute Gasteiger partial charge is 0.465 e. The molecule has 0 radical (unpaired) electrons. The van der Waals surface area contributed by atoms with Crippen molar-refractivity contribution in [3.05, 3.63) is 125 Å². The monoisotopic (exact) mass is 669 g/mol. The first-order chi connectivity index (χ1) is 22.3. The van der Waals surface area contributed by atoms with E-state index >= 15 is 0 Å². The van der Waals surface area contributed by atoms with E-state index in [-0.39, 0.29) is 0 Å². The van der Waals surface area contributed by atoms with E-state index in [1.807, 2.05) is 52.5 Å². The molecule has 0 aliphatic carbocycles. The van der Waals surface area contributed by atoms with E-state index in [2.05, 4.69) is 19.6 Å². The molecule has 0 aliphatic heterocycles. The number of methoxy groups -OCH3 is 1. The Kier molecular flexibility index (Phi) is 8.07. The van der Waals surface area contributed by atoms with Crippen molar-refractivity contribution in [2.45, 2.75) is 10.8 Å². The van der Waals surface area contributed by atoms with Crippen LogP contribution in [0.3, 0.4) is 0 Å². The van der Waals surface area contributed by atoms with Crippen LogP contribution >= 0.6 is 32.8 Å². The van der Waals surface area contributed by atoms with Crippen LogP contribution in [0.5, 0.6) is 0 Å². The zero-order chi connectivity index (χ0) is 31.9. The normalized spacial score (nSPS) is 12.1. The Hall–Kier alpha value is -4.56. The molecule has 0 saturated carbocycles. The quantitative estimate of drug-likeness (QED) is 0.124. The summed E-state index contributed by atoms with van der Waals surface area (Å²) in [6, 6.07) is 30.3. The van der Waals surface area contributed by atoms with Gasteiger partial charge in [-0.25, -0.2) is 18.2 Å². The number of hydrogen-bond donors (Lipinski definition) is 0. The van der Waals surface area contributed by atoms with Gasteiger partial charge in [-0.1, -0.05) is 69.4 Å². The third-order valence-electron chi connectivity index (χ3n) is 7.67. The van der Waals surface area contributed by atoms with E-state index in [4.69, 9.17) is 21.0 Å². The lowest BCUT2D eigenvalue weighted by Gasteiger charge is -2.14. The molecular formula is C35H23ClF2N3O3PS. The van der Waals surface area contributed by atoms with Crippen LogP contribution in [0, 0.1) is 5.82 Å². The Morgan fingerprint density at radius 2 is 1.72 bits per heavy atom. The predicted octanol–water partition coefficient (Wildman–Crippen LogP) is 10.2. The van der Waals surface area contributed by atoms with Crippen molar-refractivity contribution in [2.75, 3.05) is 7.11 Å². The maximum absolute atomic E-state index is 15.0. The van der Waals surface area contributed by atoms with Crippen LogP contribution in [-0.2, 0) is 4.74 Å². The maximum atomic E-state index is 15.0. The van der Waals surface area contributed by atoms with E-state index < -0.39 is 17.7 Å². The number of fused-ring (bicyclic) bond motifs is 2. The number of benzene rings is 5. The van der Waals surface area contributed by atoms with Crippen molar-refractivity contribution in [2.24, 2.45) is 0 Å². The molecule has 2 unspecified atom stereocenters. The SMILES string of the molecule is COC(=O)c1ccc(-c2cccc(-c3c(-c4cccc5nonc45)c4cc(F)ccc4n3Sc3ccc(C(F)P)cc3)c2)c(Cl)c1. The van der Waals surface area contributed by atoms with Crippen LogP contribution in [0.25, 0.3) is 55.4 Å². The summed E-state index contributed by atoms with van der Waals surface area (Å²) < 4.78 is 40.9. The molecule has 0 bridgehead atoms. The third kappa shape index (κ3) is 5.45. The number of carbonyl (C=O) groups is 1. The van der Waals surface area contributed by atoms with Gasteiger partial charge in [0.2, 0.25) is 0 Å². The summed E-state index contributed by atoms with van der Waals surface area (Å²) >= 11 is 8.11. The molecule has 46 heavy (non-hydrogen) atoms. The Morgan fingerprint density at radius 1 is 0.935 bits per heavy atom. The molecule has 0 fully saturated rings. The van der Waals surface area contributed by atoms with Crippen molar-refractivity contribution in [1.29, 1.82) is 0 Å². The molecule has 228 valence electrons. The molecule has 2 aromatic heterocycles. The van der Waals surface area contributed by atoms with Crippen LogP contribution in [0.4, 0.5) is 8.78 Å². The number of nitrogens with zero attached hydrogens (tertiary/aromatic N) is 3. The van der Waals surface area contributed by atoms with Crippen molar-refractivity contribution in [3.63, 3.8) is 0 Å². The molecule has 7 aromatic rings. The van der Waals surface area contributed by atoms with Gasteiger partial charge in [0.05, 0.1) is 23.9 Å². The van der Waals surface area contributed by atoms with Gasteiger partial charge in [0.15, 0.2) is 0 Å². The van der Waals surface area contributed by atoms with Crippen LogP contribution in [0.1, 0.15) is 21.8 Å². The van der Waals surface area contributed by atoms with Crippen LogP contribution < -0.4 is 0 Å². The summed E-state index contributed by atoms with van der Waals surface area (Å²) in [6.45, 7) is 0. The number of carbonyl (C=O) groups excluding carboxylic acids is 1. The number of aromatic nitrogens is 3. The van der Waals surface area contributed by atoms with Crippen molar-refractivity contribution in [1.82, 2.24) is 14.3 Å². The van der Waals surface area contributed by atoms with Crippen LogP contribution in [0.15, 0.2) is 113 Å². The number of halogens is 3. The second-order valence-electron chi connectivity index (χ2n) is 10.4. The summed E-state index contributed by atoms with van der Waals surface area (Å²) in [5.41, 5.74) is 7.29. The van der Waals surface area contributed by atoms with Gasteiger partial charge in [-0.15, -0.1) is 0 Å². The fourth-order valence-electron chi connectivity index (χ4n) is 5.52. The van der Waals surface area contributed by atoms with E-state index in [1.165, 1.54) is 31.2 Å². The van der Waals surface area contributed by atoms with E-state index in [0.717, 1.165) is 38.4 Å². The first-order valence-corrected chi connectivity index (χ1v) is 15.9. The summed E-state index contributed by atoms with van der Waals surface area (Å²) in [5.74, 6) is -2.05. The van der Waals surface area contributed by atoms with Gasteiger partial charge in [-0.3, -0.25) is 3.97 Å². The molecule has 0 aliphatic rings. The second-order valence-corrected chi connectivity index (χ2v) is 12.5. The second kappa shape index (κ2) is 12.3. The summed E-state index contributed by atoms with van der Waals surface area (Å²) in [4.78, 5) is 12.9. The zero-order valence-corrected chi connectivity index (χ0v) is 26.8. The third-order valence-corrected chi connectivity index (χ3v) is 9.42. The van der Waals surface area contributed by atoms with Gasteiger partial charge in [0, 0.05) is 37.6 Å². The lowest BCUT2D eigenvalue weighted by Crippen LogP contribution is -2.00. The molecule has 0 spiro atoms. The Morgan fingerprint density at radius 3 is 2.48 bits per heavy atom. The van der Waals surface area contributed by atoms with Crippen molar-refractivity contribution in [3.8, 4) is 33.5 Å². The van der Waals surface area contributed by atoms with Gasteiger partial charge in [0.25, 0.3) is 0 Å². The van der Waals surface area contributed by atoms with Crippen LogP contribution in [-0.4, -0.2) is 27.4 Å². The first kappa shape index (κ1) is 30.1. The summed E-state index contributed by atoms with van der Waals surface area (Å²) in [5, 5.41) is 9.28. The lowest BCUT2D eigenvalue weighted by atomic mass is 9.95. The molecule has 0 N–H and O–H groups in total. The fraction of sp³-hybridized carbons (Fsp3) is 0.0571. The highest BCUT2D eigenvalue weighted by molar-refractivity contribution is 7.98. The molecule has 0 amide bonds. The number of esters is 1. The topological polar surface area (TPSA) is 70.2 Å². The molecule has 6 nitrogen and oxygen atoms in total. The van der Waals surface area contributed by atoms with E-state index in [1.54, 1.807) is 42.5 Å². The van der Waals surface area contributed by atoms with Gasteiger partial charge < -0.3 is 4.74 Å². The molecular weight excluding hydrogens is 647 g/mol. The average molecular weight is 670 g/mol. The number of rotatable bonds is 7. The minimum atomic E-state index is -1.18. The summed E-state index contributed by atoms with van der Waals surface area (Å²) in [7, 11) is 3.48. The minimum absolute atomic E-state index is 0.342. The summed E-state index contributed by atoms with van der Waals surface area (Å²) in [6.07, 6.45) is 0. The van der Waals surface area contributed by atoms with Gasteiger partial charge in [0.1, 0.15) is 22.8 Å². The lowest BCUT2D eigenvalue weighted by molar-refractivity contribution is 0.0600. The van der Waals surface area contributed by atoms with Crippen molar-refractivity contribution < 1.29 is 22.9 Å². The zero-order valence-electron chi connectivity index (χ0n) is 24.1. The fourth-order valence-corrected chi connectivity index (χ4v) is 7.04. The van der Waals surface area contributed by atoms with Gasteiger partial charge in [-0.05, 0) is 88.0 Å². The van der Waals surface area contributed by atoms with Crippen LogP contribution in [0.2, 0.25) is 5.02 Å². The molecule has 11 heteroatoms. The Balaban J connectivity index is 1.49. The highest BCUT2D eigenvalue weighted by Crippen LogP contribution is 2.47. The highest BCUT2D eigenvalue weighted by atomic mass is 35.5. The minimum Gasteiger partial charge on any atom is -0.465 e. The van der Waals surface area contributed by atoms with Crippen molar-refractivity contribution >= 4 is 60.7 Å². The Labute approximate surface area is 273 Å². The standard InChI is InChI=1S/C35H23ClF2N3O3PS/c1-43-35(42)22-10-14-25(28(36)17-22)20-4-2-5-21(16-20)33-31(26-6-3-7-29-32(26)40-44-39-29)27-18-23(37)11-15-30(27)41(33)46-24-12-8-19(9-13-24)34(38)45/h2-18,34H,45H2,1H3. The van der Waals surface area contributed by atoms with Gasteiger partial charge >= 0.3 is 5.97 Å².